The molecule has 0 spiro atoms. The third-order valence-corrected chi connectivity index (χ3v) is 3.48. The molecule has 0 saturated heterocycles. The van der Waals surface area contributed by atoms with Gasteiger partial charge in [0.15, 0.2) is 0 Å². The fraction of sp³-hybridized carbons (Fsp3) is 0.333. The summed E-state index contributed by atoms with van der Waals surface area (Å²) in [4.78, 5) is 0. The fourth-order valence-corrected chi connectivity index (χ4v) is 3.04. The molecule has 108 valence electrons. The first-order chi connectivity index (χ1) is 8.47. The Morgan fingerprint density at radius 2 is 1.68 bits per heavy atom. The summed E-state index contributed by atoms with van der Waals surface area (Å²) in [5.74, 6) is -1.76. The van der Waals surface area contributed by atoms with Crippen molar-refractivity contribution in [1.82, 2.24) is 0 Å². The van der Waals surface area contributed by atoms with Gasteiger partial charge in [-0.25, -0.2) is 0 Å². The molecule has 1 aromatic carbocycles. The molecule has 10 heteroatoms. The maximum absolute atomic E-state index is 12.6. The normalized spacial score (nSPS) is 14.2. The first-order valence-corrected chi connectivity index (χ1v) is 7.81. The molecule has 0 aliphatic heterocycles. The number of hydrogen-bond donors (Lipinski definition) is 1. The van der Waals surface area contributed by atoms with Crippen LogP contribution in [-0.4, -0.2) is 31.0 Å². The Morgan fingerprint density at radius 3 is 2.05 bits per heavy atom. The number of ether oxygens (including phenoxy) is 1. The lowest BCUT2D eigenvalue weighted by atomic mass is 10.3. The van der Waals surface area contributed by atoms with E-state index in [1.165, 1.54) is 12.1 Å². The van der Waals surface area contributed by atoms with Crippen molar-refractivity contribution in [2.45, 2.75) is 12.3 Å². The Labute approximate surface area is 124 Å². The topological polar surface area (TPSA) is 63.6 Å². The summed E-state index contributed by atoms with van der Waals surface area (Å²) in [6, 6.07) is 4.05. The summed E-state index contributed by atoms with van der Waals surface area (Å²) in [5.41, 5.74) is 0. The summed E-state index contributed by atoms with van der Waals surface area (Å²) in [6.45, 7) is 0. The molecule has 1 unspecified atom stereocenters. The van der Waals surface area contributed by atoms with Gasteiger partial charge in [0.25, 0.3) is 10.1 Å². The highest BCUT2D eigenvalue weighted by Crippen LogP contribution is 2.30. The molecule has 0 saturated carbocycles. The third-order valence-electron chi connectivity index (χ3n) is 1.84. The smallest absolute Gasteiger partial charge is 0.426 e. The Kier molecular flexibility index (Phi) is 5.27. The molecular weight excluding hydrogens is 421 g/mol. The molecule has 1 aromatic rings. The quantitative estimate of drug-likeness (QED) is 0.748. The van der Waals surface area contributed by atoms with E-state index in [1.54, 1.807) is 6.07 Å². The number of halogens is 5. The van der Waals surface area contributed by atoms with E-state index in [1.807, 2.05) is 0 Å². The molecule has 0 amide bonds. The molecule has 0 aliphatic rings. The second kappa shape index (κ2) is 5.98. The lowest BCUT2D eigenvalue weighted by Crippen LogP contribution is -2.40. The van der Waals surface area contributed by atoms with Crippen LogP contribution in [0.25, 0.3) is 0 Å². The fourth-order valence-electron chi connectivity index (χ4n) is 1.15. The minimum Gasteiger partial charge on any atom is -0.480 e. The Bertz CT molecular complexity index is 539. The van der Waals surface area contributed by atoms with Crippen LogP contribution >= 0.6 is 31.9 Å². The van der Waals surface area contributed by atoms with E-state index < -0.39 is 28.2 Å². The van der Waals surface area contributed by atoms with Crippen LogP contribution in [0.2, 0.25) is 0 Å². The van der Waals surface area contributed by atoms with Gasteiger partial charge in [-0.3, -0.25) is 4.55 Å². The van der Waals surface area contributed by atoms with Crippen molar-refractivity contribution in [3.8, 4) is 5.75 Å². The van der Waals surface area contributed by atoms with Crippen molar-refractivity contribution in [3.05, 3.63) is 27.1 Å². The van der Waals surface area contributed by atoms with Gasteiger partial charge in [-0.15, -0.1) is 0 Å². The van der Waals surface area contributed by atoms with Crippen molar-refractivity contribution in [1.29, 1.82) is 0 Å². The van der Waals surface area contributed by atoms with E-state index >= 15 is 0 Å². The highest BCUT2D eigenvalue weighted by Gasteiger charge is 2.44. The molecular formula is C9H7Br2F3O4S. The molecule has 0 heterocycles. The predicted molar refractivity (Wildman–Crippen MR) is 68.7 cm³/mol. The third kappa shape index (κ3) is 6.11. The minimum atomic E-state index is -4.93. The van der Waals surface area contributed by atoms with E-state index in [-0.39, 0.29) is 5.75 Å². The van der Waals surface area contributed by atoms with Crippen molar-refractivity contribution >= 4 is 42.0 Å². The number of rotatable bonds is 4. The number of hydrogen-bond acceptors (Lipinski definition) is 3. The van der Waals surface area contributed by atoms with Crippen LogP contribution in [-0.2, 0) is 10.1 Å². The maximum Gasteiger partial charge on any atom is 0.426 e. The SMILES string of the molecule is O=S(=O)(O)CC(Oc1cc(Br)cc(Br)c1)C(F)(F)F. The van der Waals surface area contributed by atoms with Gasteiger partial charge in [0.2, 0.25) is 6.10 Å². The average molecular weight is 428 g/mol. The highest BCUT2D eigenvalue weighted by molar-refractivity contribution is 9.11. The molecule has 19 heavy (non-hydrogen) atoms. The molecule has 0 aromatic heterocycles. The van der Waals surface area contributed by atoms with Crippen LogP contribution in [0.15, 0.2) is 27.1 Å². The summed E-state index contributed by atoms with van der Waals surface area (Å²) in [6.07, 6.45) is -7.58. The largest absolute Gasteiger partial charge is 0.480 e. The van der Waals surface area contributed by atoms with Crippen molar-refractivity contribution in [2.75, 3.05) is 5.75 Å². The van der Waals surface area contributed by atoms with Crippen molar-refractivity contribution in [3.63, 3.8) is 0 Å². The van der Waals surface area contributed by atoms with E-state index in [0.29, 0.717) is 8.95 Å². The molecule has 1 rings (SSSR count). The van der Waals surface area contributed by atoms with Gasteiger partial charge in [0, 0.05) is 8.95 Å². The van der Waals surface area contributed by atoms with Gasteiger partial charge in [0.05, 0.1) is 0 Å². The molecule has 0 radical (unpaired) electrons. The van der Waals surface area contributed by atoms with Crippen molar-refractivity contribution < 1.29 is 30.9 Å². The molecule has 4 nitrogen and oxygen atoms in total. The van der Waals surface area contributed by atoms with Gasteiger partial charge >= 0.3 is 6.18 Å². The lowest BCUT2D eigenvalue weighted by molar-refractivity contribution is -0.188. The van der Waals surface area contributed by atoms with Gasteiger partial charge in [0.1, 0.15) is 11.5 Å². The predicted octanol–water partition coefficient (Wildman–Crippen LogP) is 3.41. The van der Waals surface area contributed by atoms with Crippen LogP contribution in [0.1, 0.15) is 0 Å². The van der Waals surface area contributed by atoms with Crippen LogP contribution in [0.5, 0.6) is 5.75 Å². The zero-order chi connectivity index (χ0) is 14.8. The molecule has 0 bridgehead atoms. The van der Waals surface area contributed by atoms with Crippen LogP contribution in [0, 0.1) is 0 Å². The zero-order valence-electron chi connectivity index (χ0n) is 8.99. The molecule has 0 aliphatic carbocycles. The van der Waals surface area contributed by atoms with Gasteiger partial charge in [-0.2, -0.15) is 21.6 Å². The van der Waals surface area contributed by atoms with Gasteiger partial charge < -0.3 is 4.74 Å². The lowest BCUT2D eigenvalue weighted by Gasteiger charge is -2.20. The van der Waals surface area contributed by atoms with E-state index in [0.717, 1.165) is 0 Å². The average Bonchev–Trinajstić information content (AvgIpc) is 2.10. The standard InChI is InChI=1S/C9H7Br2F3O4S/c10-5-1-6(11)3-7(2-5)18-8(9(12,13)14)4-19(15,16)17/h1-3,8H,4H2,(H,15,16,17). The van der Waals surface area contributed by atoms with Gasteiger partial charge in [-0.1, -0.05) is 31.9 Å². The zero-order valence-corrected chi connectivity index (χ0v) is 13.0. The number of alkyl halides is 3. The maximum atomic E-state index is 12.6. The first-order valence-electron chi connectivity index (χ1n) is 4.62. The molecule has 1 atom stereocenters. The van der Waals surface area contributed by atoms with E-state index in [4.69, 9.17) is 4.55 Å². The second-order valence-corrected chi connectivity index (χ2v) is 6.83. The van der Waals surface area contributed by atoms with Crippen LogP contribution in [0.3, 0.4) is 0 Å². The Balaban J connectivity index is 3.01. The minimum absolute atomic E-state index is 0.188. The summed E-state index contributed by atoms with van der Waals surface area (Å²) in [5, 5.41) is 0. The molecule has 1 N–H and O–H groups in total. The van der Waals surface area contributed by atoms with Crippen molar-refractivity contribution in [2.24, 2.45) is 0 Å². The van der Waals surface area contributed by atoms with E-state index in [2.05, 4.69) is 36.6 Å². The first kappa shape index (κ1) is 16.7. The van der Waals surface area contributed by atoms with Crippen LogP contribution < -0.4 is 4.74 Å². The monoisotopic (exact) mass is 426 g/mol. The summed E-state index contributed by atoms with van der Waals surface area (Å²) < 4.78 is 73.0. The van der Waals surface area contributed by atoms with Gasteiger partial charge in [-0.05, 0) is 18.2 Å². The second-order valence-electron chi connectivity index (χ2n) is 3.50. The Morgan fingerprint density at radius 1 is 1.21 bits per heavy atom. The van der Waals surface area contributed by atoms with Crippen LogP contribution in [0.4, 0.5) is 13.2 Å². The Hall–Kier alpha value is -0.320. The molecule has 0 fully saturated rings. The van der Waals surface area contributed by atoms with E-state index in [9.17, 15) is 21.6 Å². The highest BCUT2D eigenvalue weighted by atomic mass is 79.9. The summed E-state index contributed by atoms with van der Waals surface area (Å²) in [7, 11) is -4.82. The number of benzene rings is 1. The summed E-state index contributed by atoms with van der Waals surface area (Å²) >= 11 is 6.11.